The molecule has 9 aromatic rings. The van der Waals surface area contributed by atoms with Crippen molar-refractivity contribution < 1.29 is 4.74 Å². The Morgan fingerprint density at radius 3 is 1.44 bits per heavy atom. The van der Waals surface area contributed by atoms with Crippen molar-refractivity contribution in [1.29, 1.82) is 0 Å². The molecule has 11 rings (SSSR count). The molecule has 0 radical (unpaired) electrons. The zero-order chi connectivity index (χ0) is 39.1. The first-order chi connectivity index (χ1) is 29.2. The molecular formula is C55H37N3O. The van der Waals surface area contributed by atoms with Crippen LogP contribution in [0.5, 0.6) is 5.75 Å². The maximum absolute atomic E-state index is 6.70. The van der Waals surface area contributed by atoms with Crippen LogP contribution in [0.4, 0.5) is 0 Å². The highest BCUT2D eigenvalue weighted by atomic mass is 16.5. The fourth-order valence-corrected chi connectivity index (χ4v) is 8.54. The Balaban J connectivity index is 0.963. The van der Waals surface area contributed by atoms with Crippen LogP contribution in [0.15, 0.2) is 212 Å². The first-order valence-corrected chi connectivity index (χ1v) is 20.1. The minimum Gasteiger partial charge on any atom is -0.485 e. The van der Waals surface area contributed by atoms with Gasteiger partial charge in [0.15, 0.2) is 17.5 Å². The van der Waals surface area contributed by atoms with Gasteiger partial charge in [0.2, 0.25) is 0 Å². The van der Waals surface area contributed by atoms with Gasteiger partial charge in [0.05, 0.1) is 5.92 Å². The Hall–Kier alpha value is -7.69. The van der Waals surface area contributed by atoms with Crippen LogP contribution >= 0.6 is 0 Å². The van der Waals surface area contributed by atoms with Crippen LogP contribution in [-0.2, 0) is 0 Å². The lowest BCUT2D eigenvalue weighted by atomic mass is 9.80. The molecule has 8 aromatic carbocycles. The number of ether oxygens (including phenoxy) is 1. The van der Waals surface area contributed by atoms with Gasteiger partial charge in [-0.2, -0.15) is 0 Å². The summed E-state index contributed by atoms with van der Waals surface area (Å²) in [6.07, 6.45) is 6.19. The standard InChI is InChI=1S/C55H37N3O/c1-4-12-36(13-5-1)38-22-24-39(25-23-38)40-26-28-42(29-27-40)54-56-53(41-16-8-3-9-17-41)57-55(58-54)48-19-11-21-50-52(48)51-47(18-10-20-49(51)59-50)46-33-32-44-34-43(30-31-45(44)35-46)37-14-6-2-7-15-37/h1-35,50,52H. The third-order valence-corrected chi connectivity index (χ3v) is 11.5. The van der Waals surface area contributed by atoms with Gasteiger partial charge in [0.1, 0.15) is 11.9 Å². The largest absolute Gasteiger partial charge is 0.485 e. The van der Waals surface area contributed by atoms with E-state index in [0.29, 0.717) is 17.5 Å². The van der Waals surface area contributed by atoms with E-state index in [4.69, 9.17) is 19.7 Å². The molecule has 0 bridgehead atoms. The highest BCUT2D eigenvalue weighted by Crippen LogP contribution is 2.51. The van der Waals surface area contributed by atoms with Crippen molar-refractivity contribution in [2.24, 2.45) is 0 Å². The summed E-state index contributed by atoms with van der Waals surface area (Å²) in [6.45, 7) is 0. The third-order valence-electron chi connectivity index (χ3n) is 11.5. The van der Waals surface area contributed by atoms with E-state index in [1.165, 1.54) is 33.0 Å². The van der Waals surface area contributed by atoms with Crippen LogP contribution in [0, 0.1) is 0 Å². The second-order valence-corrected chi connectivity index (χ2v) is 15.1. The number of hydrogen-bond donors (Lipinski definition) is 0. The van der Waals surface area contributed by atoms with Crippen molar-refractivity contribution in [1.82, 2.24) is 15.0 Å². The fraction of sp³-hybridized carbons (Fsp3) is 0.0364. The van der Waals surface area contributed by atoms with Gasteiger partial charge in [0, 0.05) is 22.3 Å². The molecule has 0 amide bonds. The molecule has 59 heavy (non-hydrogen) atoms. The van der Waals surface area contributed by atoms with Gasteiger partial charge in [-0.05, 0) is 79.6 Å². The minimum absolute atomic E-state index is 0.109. The molecule has 4 heteroatoms. The molecule has 0 N–H and O–H groups in total. The van der Waals surface area contributed by atoms with E-state index in [9.17, 15) is 0 Å². The lowest BCUT2D eigenvalue weighted by Crippen LogP contribution is -2.21. The maximum Gasteiger partial charge on any atom is 0.164 e. The Labute approximate surface area is 343 Å². The van der Waals surface area contributed by atoms with Crippen molar-refractivity contribution in [3.63, 3.8) is 0 Å². The first-order valence-electron chi connectivity index (χ1n) is 20.1. The maximum atomic E-state index is 6.70. The zero-order valence-corrected chi connectivity index (χ0v) is 32.1. The topological polar surface area (TPSA) is 47.9 Å². The van der Waals surface area contributed by atoms with E-state index >= 15 is 0 Å². The molecule has 0 saturated heterocycles. The number of aromatic nitrogens is 3. The van der Waals surface area contributed by atoms with Gasteiger partial charge in [0.25, 0.3) is 0 Å². The predicted octanol–water partition coefficient (Wildman–Crippen LogP) is 13.5. The van der Waals surface area contributed by atoms with Crippen molar-refractivity contribution in [2.75, 3.05) is 0 Å². The quantitative estimate of drug-likeness (QED) is 0.163. The normalized spacial score (nSPS) is 15.3. The lowest BCUT2D eigenvalue weighted by Gasteiger charge is -2.23. The van der Waals surface area contributed by atoms with Crippen LogP contribution in [0.25, 0.3) is 83.6 Å². The van der Waals surface area contributed by atoms with Crippen LogP contribution in [0.1, 0.15) is 17.3 Å². The summed E-state index contributed by atoms with van der Waals surface area (Å²) in [5.41, 5.74) is 13.4. The molecule has 4 nitrogen and oxygen atoms in total. The minimum atomic E-state index is -0.187. The van der Waals surface area contributed by atoms with E-state index in [2.05, 4.69) is 188 Å². The smallest absolute Gasteiger partial charge is 0.164 e. The number of benzene rings is 8. The van der Waals surface area contributed by atoms with Crippen LogP contribution < -0.4 is 4.74 Å². The van der Waals surface area contributed by atoms with Crippen LogP contribution in [-0.4, -0.2) is 21.1 Å². The molecule has 1 aromatic heterocycles. The van der Waals surface area contributed by atoms with E-state index in [1.54, 1.807) is 0 Å². The number of fused-ring (bicyclic) bond motifs is 4. The monoisotopic (exact) mass is 755 g/mol. The second-order valence-electron chi connectivity index (χ2n) is 15.1. The summed E-state index contributed by atoms with van der Waals surface area (Å²) < 4.78 is 6.70. The zero-order valence-electron chi connectivity index (χ0n) is 32.1. The molecular weight excluding hydrogens is 719 g/mol. The SMILES string of the molecule is C1=CC2Oc3cccc(-c4ccc5cc(-c6ccccc6)ccc5c4)c3C2C(c2nc(-c3ccccc3)nc(-c3ccc(-c4ccc(-c5ccccc5)cc4)cc3)n2)=C1. The Morgan fingerprint density at radius 1 is 0.373 bits per heavy atom. The second kappa shape index (κ2) is 14.7. The molecule has 2 aliphatic rings. The Morgan fingerprint density at radius 2 is 0.831 bits per heavy atom. The average molecular weight is 756 g/mol. The molecule has 278 valence electrons. The Bertz CT molecular complexity index is 3050. The molecule has 1 aliphatic heterocycles. The van der Waals surface area contributed by atoms with Crippen molar-refractivity contribution in [3.8, 4) is 73.0 Å². The lowest BCUT2D eigenvalue weighted by molar-refractivity contribution is 0.271. The number of hydrogen-bond acceptors (Lipinski definition) is 4. The van der Waals surface area contributed by atoms with Gasteiger partial charge in [-0.25, -0.2) is 15.0 Å². The summed E-state index contributed by atoms with van der Waals surface area (Å²) in [6, 6.07) is 68.3. The summed E-state index contributed by atoms with van der Waals surface area (Å²) in [7, 11) is 0. The molecule has 2 atom stereocenters. The van der Waals surface area contributed by atoms with Crippen molar-refractivity contribution in [3.05, 3.63) is 224 Å². The third kappa shape index (κ3) is 6.51. The van der Waals surface area contributed by atoms with E-state index in [1.807, 2.05) is 24.3 Å². The number of allylic oxidation sites excluding steroid dienone is 2. The van der Waals surface area contributed by atoms with Gasteiger partial charge in [-0.3, -0.25) is 0 Å². The Kier molecular flexibility index (Phi) is 8.59. The highest BCUT2D eigenvalue weighted by Gasteiger charge is 2.40. The average Bonchev–Trinajstić information content (AvgIpc) is 3.71. The van der Waals surface area contributed by atoms with Gasteiger partial charge >= 0.3 is 0 Å². The first kappa shape index (κ1) is 34.5. The van der Waals surface area contributed by atoms with E-state index in [-0.39, 0.29) is 12.0 Å². The molecule has 2 heterocycles. The van der Waals surface area contributed by atoms with Crippen molar-refractivity contribution in [2.45, 2.75) is 12.0 Å². The summed E-state index contributed by atoms with van der Waals surface area (Å²) in [4.78, 5) is 15.5. The van der Waals surface area contributed by atoms with Gasteiger partial charge in [-0.15, -0.1) is 0 Å². The number of nitrogens with zero attached hydrogens (tertiary/aromatic N) is 3. The summed E-state index contributed by atoms with van der Waals surface area (Å²) in [5, 5.41) is 2.40. The van der Waals surface area contributed by atoms with Crippen LogP contribution in [0.2, 0.25) is 0 Å². The highest BCUT2D eigenvalue weighted by molar-refractivity contribution is 5.92. The summed E-state index contributed by atoms with van der Waals surface area (Å²) >= 11 is 0. The fourth-order valence-electron chi connectivity index (χ4n) is 8.54. The van der Waals surface area contributed by atoms with E-state index in [0.717, 1.165) is 50.3 Å². The van der Waals surface area contributed by atoms with Gasteiger partial charge in [-0.1, -0.05) is 188 Å². The predicted molar refractivity (Wildman–Crippen MR) is 241 cm³/mol. The molecule has 1 aliphatic carbocycles. The van der Waals surface area contributed by atoms with Crippen LogP contribution in [0.3, 0.4) is 0 Å². The van der Waals surface area contributed by atoms with E-state index < -0.39 is 0 Å². The molecule has 0 spiro atoms. The number of rotatable bonds is 7. The van der Waals surface area contributed by atoms with Gasteiger partial charge < -0.3 is 4.74 Å². The summed E-state index contributed by atoms with van der Waals surface area (Å²) in [5.74, 6) is 2.69. The molecule has 0 saturated carbocycles. The molecule has 0 fully saturated rings. The molecule has 2 unspecified atom stereocenters. The van der Waals surface area contributed by atoms with Crippen molar-refractivity contribution >= 4 is 16.3 Å².